The molecular weight excluding hydrogens is 222 g/mol. The van der Waals surface area contributed by atoms with Gasteiger partial charge in [-0.1, -0.05) is 18.2 Å². The highest BCUT2D eigenvalue weighted by atomic mass is 16.5. The number of rotatable bonds is 3. The molecule has 0 bridgehead atoms. The molecule has 1 aliphatic carbocycles. The van der Waals surface area contributed by atoms with Gasteiger partial charge in [-0.25, -0.2) is 0 Å². The predicted molar refractivity (Wildman–Crippen MR) is 74.7 cm³/mol. The Hall–Kier alpha value is -1.96. The van der Waals surface area contributed by atoms with Crippen LogP contribution in [0.1, 0.15) is 18.4 Å². The SMILES string of the molecule is Cc1cc(N)cc(-c2cccc(OC3CC3)c2)c1. The molecule has 1 fully saturated rings. The van der Waals surface area contributed by atoms with E-state index < -0.39 is 0 Å². The van der Waals surface area contributed by atoms with E-state index in [4.69, 9.17) is 10.5 Å². The largest absolute Gasteiger partial charge is 0.490 e. The van der Waals surface area contributed by atoms with E-state index in [0.717, 1.165) is 22.6 Å². The molecule has 0 saturated heterocycles. The van der Waals surface area contributed by atoms with Gasteiger partial charge in [-0.15, -0.1) is 0 Å². The number of hydrogen-bond acceptors (Lipinski definition) is 2. The molecule has 2 aromatic rings. The Morgan fingerprint density at radius 1 is 1.06 bits per heavy atom. The normalized spacial score (nSPS) is 14.5. The van der Waals surface area contributed by atoms with Crippen molar-refractivity contribution in [2.75, 3.05) is 5.73 Å². The first-order valence-corrected chi connectivity index (χ1v) is 6.35. The first-order valence-electron chi connectivity index (χ1n) is 6.35. The summed E-state index contributed by atoms with van der Waals surface area (Å²) in [4.78, 5) is 0. The molecule has 2 nitrogen and oxygen atoms in total. The van der Waals surface area contributed by atoms with Crippen LogP contribution < -0.4 is 10.5 Å². The minimum Gasteiger partial charge on any atom is -0.490 e. The highest BCUT2D eigenvalue weighted by Gasteiger charge is 2.23. The Morgan fingerprint density at radius 3 is 2.61 bits per heavy atom. The topological polar surface area (TPSA) is 35.2 Å². The van der Waals surface area contributed by atoms with E-state index in [1.807, 2.05) is 24.3 Å². The van der Waals surface area contributed by atoms with Crippen LogP contribution in [-0.2, 0) is 0 Å². The summed E-state index contributed by atoms with van der Waals surface area (Å²) < 4.78 is 5.82. The zero-order valence-electron chi connectivity index (χ0n) is 10.5. The van der Waals surface area contributed by atoms with Crippen LogP contribution in [0.4, 0.5) is 5.69 Å². The summed E-state index contributed by atoms with van der Waals surface area (Å²) in [6.45, 7) is 2.06. The lowest BCUT2D eigenvalue weighted by Gasteiger charge is -2.08. The van der Waals surface area contributed by atoms with Gasteiger partial charge in [0.15, 0.2) is 0 Å². The summed E-state index contributed by atoms with van der Waals surface area (Å²) in [5.74, 6) is 0.954. The average Bonchev–Trinajstić information content (AvgIpc) is 3.12. The molecule has 0 heterocycles. The van der Waals surface area contributed by atoms with Crippen LogP contribution in [0.5, 0.6) is 5.75 Å². The third kappa shape index (κ3) is 2.48. The average molecular weight is 239 g/mol. The highest BCUT2D eigenvalue weighted by Crippen LogP contribution is 2.30. The molecule has 0 atom stereocenters. The van der Waals surface area contributed by atoms with Crippen molar-refractivity contribution in [1.82, 2.24) is 0 Å². The van der Waals surface area contributed by atoms with E-state index in [1.165, 1.54) is 18.4 Å². The van der Waals surface area contributed by atoms with E-state index >= 15 is 0 Å². The van der Waals surface area contributed by atoms with Crippen molar-refractivity contribution in [3.05, 3.63) is 48.0 Å². The van der Waals surface area contributed by atoms with Gasteiger partial charge in [0.05, 0.1) is 6.10 Å². The van der Waals surface area contributed by atoms with Gasteiger partial charge in [0.25, 0.3) is 0 Å². The number of anilines is 1. The van der Waals surface area contributed by atoms with E-state index in [-0.39, 0.29) is 0 Å². The standard InChI is InChI=1S/C16H17NO/c1-11-7-13(9-14(17)8-11)12-3-2-4-16(10-12)18-15-5-6-15/h2-4,7-10,15H,5-6,17H2,1H3. The van der Waals surface area contributed by atoms with Crippen LogP contribution >= 0.6 is 0 Å². The van der Waals surface area contributed by atoms with Crippen molar-refractivity contribution in [2.24, 2.45) is 0 Å². The molecule has 0 amide bonds. The maximum Gasteiger partial charge on any atom is 0.120 e. The highest BCUT2D eigenvalue weighted by molar-refractivity contribution is 5.69. The van der Waals surface area contributed by atoms with Gasteiger partial charge in [0.1, 0.15) is 5.75 Å². The van der Waals surface area contributed by atoms with Gasteiger partial charge >= 0.3 is 0 Å². The van der Waals surface area contributed by atoms with Crippen molar-refractivity contribution in [1.29, 1.82) is 0 Å². The van der Waals surface area contributed by atoms with E-state index in [2.05, 4.69) is 25.1 Å². The molecule has 0 aliphatic heterocycles. The maximum absolute atomic E-state index is 5.89. The van der Waals surface area contributed by atoms with Crippen molar-refractivity contribution in [3.63, 3.8) is 0 Å². The van der Waals surface area contributed by atoms with Crippen molar-refractivity contribution in [3.8, 4) is 16.9 Å². The second kappa shape index (κ2) is 4.37. The maximum atomic E-state index is 5.89. The zero-order valence-corrected chi connectivity index (χ0v) is 10.5. The first-order chi connectivity index (χ1) is 8.70. The number of aryl methyl sites for hydroxylation is 1. The lowest BCUT2D eigenvalue weighted by molar-refractivity contribution is 0.303. The van der Waals surface area contributed by atoms with Gasteiger partial charge in [-0.05, 0) is 60.7 Å². The van der Waals surface area contributed by atoms with Crippen LogP contribution in [0.15, 0.2) is 42.5 Å². The fourth-order valence-electron chi connectivity index (χ4n) is 2.11. The molecule has 1 saturated carbocycles. The lowest BCUT2D eigenvalue weighted by atomic mass is 10.0. The summed E-state index contributed by atoms with van der Waals surface area (Å²) in [5, 5.41) is 0. The van der Waals surface area contributed by atoms with Crippen LogP contribution in [0.3, 0.4) is 0 Å². The smallest absolute Gasteiger partial charge is 0.120 e. The minimum absolute atomic E-state index is 0.433. The molecule has 2 heteroatoms. The molecular formula is C16H17NO. The third-order valence-corrected chi connectivity index (χ3v) is 3.09. The molecule has 2 N–H and O–H groups in total. The first kappa shape index (κ1) is 11.1. The Bertz CT molecular complexity index is 553. The van der Waals surface area contributed by atoms with Gasteiger partial charge < -0.3 is 10.5 Å². The molecule has 1 aliphatic rings. The van der Waals surface area contributed by atoms with Crippen LogP contribution in [-0.4, -0.2) is 6.10 Å². The Morgan fingerprint density at radius 2 is 1.89 bits per heavy atom. The zero-order chi connectivity index (χ0) is 12.5. The number of nitrogen functional groups attached to an aromatic ring is 1. The number of benzene rings is 2. The van der Waals surface area contributed by atoms with E-state index in [9.17, 15) is 0 Å². The molecule has 0 spiro atoms. The summed E-state index contributed by atoms with van der Waals surface area (Å²) in [5.41, 5.74) is 10.2. The molecule has 0 aromatic heterocycles. The van der Waals surface area contributed by atoms with Crippen molar-refractivity contribution >= 4 is 5.69 Å². The minimum atomic E-state index is 0.433. The number of ether oxygens (including phenoxy) is 1. The quantitative estimate of drug-likeness (QED) is 0.827. The molecule has 0 unspecified atom stereocenters. The Labute approximate surface area is 107 Å². The molecule has 2 aromatic carbocycles. The molecule has 92 valence electrons. The fraction of sp³-hybridized carbons (Fsp3) is 0.250. The third-order valence-electron chi connectivity index (χ3n) is 3.09. The summed E-state index contributed by atoms with van der Waals surface area (Å²) >= 11 is 0. The van der Waals surface area contributed by atoms with Gasteiger partial charge in [-0.3, -0.25) is 0 Å². The molecule has 18 heavy (non-hydrogen) atoms. The predicted octanol–water partition coefficient (Wildman–Crippen LogP) is 3.79. The van der Waals surface area contributed by atoms with Crippen LogP contribution in [0.2, 0.25) is 0 Å². The van der Waals surface area contributed by atoms with Crippen molar-refractivity contribution in [2.45, 2.75) is 25.9 Å². The van der Waals surface area contributed by atoms with Gasteiger partial charge in [0.2, 0.25) is 0 Å². The second-order valence-corrected chi connectivity index (χ2v) is 4.98. The van der Waals surface area contributed by atoms with Gasteiger partial charge in [-0.2, -0.15) is 0 Å². The number of nitrogens with two attached hydrogens (primary N) is 1. The van der Waals surface area contributed by atoms with E-state index in [1.54, 1.807) is 0 Å². The van der Waals surface area contributed by atoms with E-state index in [0.29, 0.717) is 6.10 Å². The fourth-order valence-corrected chi connectivity index (χ4v) is 2.11. The van der Waals surface area contributed by atoms with Crippen LogP contribution in [0.25, 0.3) is 11.1 Å². The summed E-state index contributed by atoms with van der Waals surface area (Å²) in [7, 11) is 0. The number of hydrogen-bond donors (Lipinski definition) is 1. The second-order valence-electron chi connectivity index (χ2n) is 4.98. The molecule has 0 radical (unpaired) electrons. The summed E-state index contributed by atoms with van der Waals surface area (Å²) in [6.07, 6.45) is 2.80. The molecule has 3 rings (SSSR count). The van der Waals surface area contributed by atoms with Crippen LogP contribution in [0, 0.1) is 6.92 Å². The Kier molecular flexibility index (Phi) is 2.71. The Balaban J connectivity index is 1.94. The van der Waals surface area contributed by atoms with Gasteiger partial charge in [0, 0.05) is 5.69 Å². The summed E-state index contributed by atoms with van der Waals surface area (Å²) in [6, 6.07) is 14.4. The lowest BCUT2D eigenvalue weighted by Crippen LogP contribution is -1.95. The van der Waals surface area contributed by atoms with Crippen molar-refractivity contribution < 1.29 is 4.74 Å². The monoisotopic (exact) mass is 239 g/mol.